The van der Waals surface area contributed by atoms with Crippen molar-refractivity contribution >= 4 is 0 Å². The van der Waals surface area contributed by atoms with Gasteiger partial charge in [-0.1, -0.05) is 37.5 Å². The van der Waals surface area contributed by atoms with Crippen molar-refractivity contribution in [2.75, 3.05) is 0 Å². The van der Waals surface area contributed by atoms with Crippen molar-refractivity contribution in [1.29, 1.82) is 0 Å². The lowest BCUT2D eigenvalue weighted by atomic mass is 9.84. The van der Waals surface area contributed by atoms with Crippen LogP contribution >= 0.6 is 0 Å². The van der Waals surface area contributed by atoms with Gasteiger partial charge in [0.25, 0.3) is 0 Å². The zero-order chi connectivity index (χ0) is 14.5. The van der Waals surface area contributed by atoms with Crippen LogP contribution in [0, 0.1) is 20.8 Å². The standard InChI is InChI=1S/C18H26N2/c1-5-6-7-16(12-17-19-8-9-20-17)18-14(3)10-13(2)11-15(18)4/h8-11,16H,5-7,12H2,1-4H3,(H,19,20). The summed E-state index contributed by atoms with van der Waals surface area (Å²) in [6, 6.07) is 4.62. The topological polar surface area (TPSA) is 28.7 Å². The van der Waals surface area contributed by atoms with Gasteiger partial charge in [-0.05, 0) is 49.8 Å². The summed E-state index contributed by atoms with van der Waals surface area (Å²) in [5.41, 5.74) is 5.74. The molecule has 2 aromatic rings. The first-order valence-corrected chi connectivity index (χ1v) is 7.67. The normalized spacial score (nSPS) is 12.6. The summed E-state index contributed by atoms with van der Waals surface area (Å²) in [6.45, 7) is 8.93. The predicted octanol–water partition coefficient (Wildman–Crippen LogP) is 4.85. The van der Waals surface area contributed by atoms with Crippen LogP contribution in [0.15, 0.2) is 24.5 Å². The largest absolute Gasteiger partial charge is 0.349 e. The Balaban J connectivity index is 2.30. The summed E-state index contributed by atoms with van der Waals surface area (Å²) >= 11 is 0. The minimum absolute atomic E-state index is 0.571. The second kappa shape index (κ2) is 6.74. The van der Waals surface area contributed by atoms with Crippen LogP contribution in [0.4, 0.5) is 0 Å². The third-order valence-corrected chi connectivity index (χ3v) is 4.05. The van der Waals surface area contributed by atoms with Crippen LogP contribution in [-0.4, -0.2) is 9.97 Å². The lowest BCUT2D eigenvalue weighted by Gasteiger charge is -2.21. The predicted molar refractivity (Wildman–Crippen MR) is 85.2 cm³/mol. The van der Waals surface area contributed by atoms with Crippen LogP contribution in [-0.2, 0) is 6.42 Å². The highest BCUT2D eigenvalue weighted by Crippen LogP contribution is 2.31. The van der Waals surface area contributed by atoms with Crippen molar-refractivity contribution < 1.29 is 0 Å². The number of hydrogen-bond donors (Lipinski definition) is 1. The molecule has 2 rings (SSSR count). The number of imidazole rings is 1. The van der Waals surface area contributed by atoms with Gasteiger partial charge < -0.3 is 4.98 Å². The maximum absolute atomic E-state index is 4.41. The maximum atomic E-state index is 4.41. The third kappa shape index (κ3) is 3.50. The molecule has 1 aromatic heterocycles. The highest BCUT2D eigenvalue weighted by Gasteiger charge is 2.18. The van der Waals surface area contributed by atoms with Gasteiger partial charge in [-0.2, -0.15) is 0 Å². The van der Waals surface area contributed by atoms with E-state index in [1.807, 2.05) is 12.4 Å². The average Bonchev–Trinajstić information content (AvgIpc) is 2.87. The zero-order valence-electron chi connectivity index (χ0n) is 13.2. The molecule has 0 saturated heterocycles. The molecule has 108 valence electrons. The Kier molecular flexibility index (Phi) is 4.99. The molecule has 2 nitrogen and oxygen atoms in total. The average molecular weight is 270 g/mol. The van der Waals surface area contributed by atoms with Crippen molar-refractivity contribution in [3.05, 3.63) is 52.6 Å². The lowest BCUT2D eigenvalue weighted by Crippen LogP contribution is -2.09. The number of rotatable bonds is 6. The number of nitrogens with one attached hydrogen (secondary N) is 1. The molecule has 0 aliphatic carbocycles. The molecule has 1 unspecified atom stereocenters. The van der Waals surface area contributed by atoms with Gasteiger partial charge in [-0.25, -0.2) is 4.98 Å². The first-order valence-electron chi connectivity index (χ1n) is 7.67. The Labute approximate surface area is 122 Å². The molecular weight excluding hydrogens is 244 g/mol. The smallest absolute Gasteiger partial charge is 0.106 e. The Morgan fingerprint density at radius 2 is 1.85 bits per heavy atom. The van der Waals surface area contributed by atoms with Gasteiger partial charge in [-0.3, -0.25) is 0 Å². The second-order valence-electron chi connectivity index (χ2n) is 5.89. The monoisotopic (exact) mass is 270 g/mol. The molecule has 2 heteroatoms. The van der Waals surface area contributed by atoms with Gasteiger partial charge in [0.1, 0.15) is 5.82 Å². The van der Waals surface area contributed by atoms with Gasteiger partial charge in [0.05, 0.1) is 0 Å². The quantitative estimate of drug-likeness (QED) is 0.798. The number of benzene rings is 1. The first-order chi connectivity index (χ1) is 9.61. The van der Waals surface area contributed by atoms with Crippen LogP contribution < -0.4 is 0 Å². The number of aromatic amines is 1. The molecule has 20 heavy (non-hydrogen) atoms. The van der Waals surface area contributed by atoms with E-state index in [-0.39, 0.29) is 0 Å². The lowest BCUT2D eigenvalue weighted by molar-refractivity contribution is 0.566. The fourth-order valence-electron chi connectivity index (χ4n) is 3.28. The summed E-state index contributed by atoms with van der Waals surface area (Å²) in [7, 11) is 0. The summed E-state index contributed by atoms with van der Waals surface area (Å²) in [4.78, 5) is 7.66. The molecule has 0 fully saturated rings. The van der Waals surface area contributed by atoms with Gasteiger partial charge in [0, 0.05) is 18.8 Å². The van der Waals surface area contributed by atoms with Crippen LogP contribution in [0.1, 0.15) is 60.2 Å². The van der Waals surface area contributed by atoms with Crippen molar-refractivity contribution in [3.8, 4) is 0 Å². The third-order valence-electron chi connectivity index (χ3n) is 4.05. The van der Waals surface area contributed by atoms with Crippen molar-refractivity contribution in [1.82, 2.24) is 9.97 Å². The highest BCUT2D eigenvalue weighted by molar-refractivity contribution is 5.40. The van der Waals surface area contributed by atoms with Crippen molar-refractivity contribution in [3.63, 3.8) is 0 Å². The van der Waals surface area contributed by atoms with Gasteiger partial charge in [0.15, 0.2) is 0 Å². The number of nitrogens with zero attached hydrogens (tertiary/aromatic N) is 1. The molecule has 1 N–H and O–H groups in total. The fourth-order valence-corrected chi connectivity index (χ4v) is 3.28. The van der Waals surface area contributed by atoms with E-state index in [1.165, 1.54) is 41.5 Å². The van der Waals surface area contributed by atoms with Crippen LogP contribution in [0.3, 0.4) is 0 Å². The molecule has 0 radical (unpaired) electrons. The molecule has 0 spiro atoms. The minimum atomic E-state index is 0.571. The molecule has 1 aromatic carbocycles. The highest BCUT2D eigenvalue weighted by atomic mass is 14.9. The summed E-state index contributed by atoms with van der Waals surface area (Å²) in [5.74, 6) is 1.67. The molecule has 1 heterocycles. The second-order valence-corrected chi connectivity index (χ2v) is 5.89. The Bertz CT molecular complexity index is 518. The van der Waals surface area contributed by atoms with E-state index < -0.39 is 0 Å². The van der Waals surface area contributed by atoms with Crippen molar-refractivity contribution in [2.45, 2.75) is 59.3 Å². The van der Waals surface area contributed by atoms with E-state index in [9.17, 15) is 0 Å². The van der Waals surface area contributed by atoms with Crippen LogP contribution in [0.2, 0.25) is 0 Å². The number of hydrogen-bond acceptors (Lipinski definition) is 1. The van der Waals surface area contributed by atoms with E-state index >= 15 is 0 Å². The summed E-state index contributed by atoms with van der Waals surface area (Å²) < 4.78 is 0. The van der Waals surface area contributed by atoms with Crippen molar-refractivity contribution in [2.24, 2.45) is 0 Å². The molecular formula is C18H26N2. The SMILES string of the molecule is CCCCC(Cc1ncc[nH]1)c1c(C)cc(C)cc1C. The van der Waals surface area contributed by atoms with Crippen LogP contribution in [0.25, 0.3) is 0 Å². The molecule has 0 bridgehead atoms. The number of aryl methyl sites for hydroxylation is 3. The molecule has 0 saturated carbocycles. The van der Waals surface area contributed by atoms with E-state index in [2.05, 4.69) is 49.8 Å². The zero-order valence-corrected chi connectivity index (χ0v) is 13.2. The van der Waals surface area contributed by atoms with Gasteiger partial charge in [0.2, 0.25) is 0 Å². The number of unbranched alkanes of at least 4 members (excludes halogenated alkanes) is 1. The van der Waals surface area contributed by atoms with Gasteiger partial charge in [-0.15, -0.1) is 0 Å². The summed E-state index contributed by atoms with van der Waals surface area (Å²) in [6.07, 6.45) is 8.54. The molecule has 0 amide bonds. The van der Waals surface area contributed by atoms with E-state index in [0.29, 0.717) is 5.92 Å². The van der Waals surface area contributed by atoms with E-state index in [0.717, 1.165) is 12.2 Å². The van der Waals surface area contributed by atoms with Crippen LogP contribution in [0.5, 0.6) is 0 Å². The molecule has 0 aliphatic heterocycles. The minimum Gasteiger partial charge on any atom is -0.349 e. The number of H-pyrrole nitrogens is 1. The summed E-state index contributed by atoms with van der Waals surface area (Å²) in [5, 5.41) is 0. The van der Waals surface area contributed by atoms with Gasteiger partial charge >= 0.3 is 0 Å². The molecule has 1 atom stereocenters. The fraction of sp³-hybridized carbons (Fsp3) is 0.500. The Hall–Kier alpha value is -1.57. The Morgan fingerprint density at radius 3 is 2.40 bits per heavy atom. The van der Waals surface area contributed by atoms with E-state index in [4.69, 9.17) is 0 Å². The first kappa shape index (κ1) is 14.8. The Morgan fingerprint density at radius 1 is 1.15 bits per heavy atom. The van der Waals surface area contributed by atoms with E-state index in [1.54, 1.807) is 0 Å². The number of aromatic nitrogens is 2. The molecule has 0 aliphatic rings. The maximum Gasteiger partial charge on any atom is 0.106 e.